The molecule has 0 radical (unpaired) electrons. The molecule has 2 amide bonds. The molecule has 0 bridgehead atoms. The van der Waals surface area contributed by atoms with Gasteiger partial charge in [0, 0.05) is 6.04 Å². The Morgan fingerprint density at radius 2 is 2.17 bits per heavy atom. The van der Waals surface area contributed by atoms with Crippen LogP contribution in [0.15, 0.2) is 0 Å². The zero-order chi connectivity index (χ0) is 13.2. The van der Waals surface area contributed by atoms with Gasteiger partial charge in [0.25, 0.3) is 5.82 Å². The highest BCUT2D eigenvalue weighted by atomic mass is 19.4. The zero-order valence-electron chi connectivity index (χ0n) is 9.34. The van der Waals surface area contributed by atoms with Crippen LogP contribution < -0.4 is 10.6 Å². The van der Waals surface area contributed by atoms with Crippen LogP contribution in [0.3, 0.4) is 0 Å². The van der Waals surface area contributed by atoms with Crippen LogP contribution in [0.1, 0.15) is 30.9 Å². The lowest BCUT2D eigenvalue weighted by Gasteiger charge is -2.26. The van der Waals surface area contributed by atoms with Gasteiger partial charge in [0.1, 0.15) is 5.82 Å². The number of H-pyrrole nitrogens is 1. The fourth-order valence-corrected chi connectivity index (χ4v) is 1.45. The van der Waals surface area contributed by atoms with E-state index in [0.29, 0.717) is 0 Å². The molecule has 0 unspecified atom stereocenters. The number of rotatable bonds is 3. The van der Waals surface area contributed by atoms with Crippen LogP contribution in [-0.2, 0) is 12.7 Å². The number of hydrogen-bond donors (Lipinski definition) is 3. The normalized spacial score (nSPS) is 16.2. The van der Waals surface area contributed by atoms with Crippen molar-refractivity contribution >= 4 is 6.03 Å². The highest BCUT2D eigenvalue weighted by Gasteiger charge is 2.36. The minimum atomic E-state index is -4.58. The molecular weight excluding hydrogens is 251 g/mol. The van der Waals surface area contributed by atoms with E-state index in [0.717, 1.165) is 19.3 Å². The minimum absolute atomic E-state index is 0.0360. The fourth-order valence-electron chi connectivity index (χ4n) is 1.45. The van der Waals surface area contributed by atoms with E-state index in [4.69, 9.17) is 0 Å². The maximum Gasteiger partial charge on any atom is 0.453 e. The van der Waals surface area contributed by atoms with Gasteiger partial charge in [-0.2, -0.15) is 13.2 Å². The molecule has 1 aromatic rings. The van der Waals surface area contributed by atoms with Crippen molar-refractivity contribution in [2.75, 3.05) is 0 Å². The molecule has 0 atom stereocenters. The van der Waals surface area contributed by atoms with Gasteiger partial charge < -0.3 is 10.6 Å². The third-order valence-electron chi connectivity index (χ3n) is 2.64. The molecule has 0 aliphatic heterocycles. The average Bonchev–Trinajstić information content (AvgIpc) is 2.68. The van der Waals surface area contributed by atoms with Crippen molar-refractivity contribution < 1.29 is 18.0 Å². The maximum atomic E-state index is 12.2. The molecule has 6 nitrogen and oxygen atoms in total. The lowest BCUT2D eigenvalue weighted by atomic mass is 9.93. The highest BCUT2D eigenvalue weighted by Crippen LogP contribution is 2.25. The highest BCUT2D eigenvalue weighted by molar-refractivity contribution is 5.74. The molecule has 100 valence electrons. The number of carbonyl (C=O) groups excluding carboxylic acids is 1. The van der Waals surface area contributed by atoms with Crippen molar-refractivity contribution in [3.63, 3.8) is 0 Å². The molecule has 9 heteroatoms. The number of carbonyl (C=O) groups is 1. The SMILES string of the molecule is O=C(NCc1nc(C(F)(F)F)n[nH]1)NC1CCC1. The van der Waals surface area contributed by atoms with E-state index in [2.05, 4.69) is 25.8 Å². The standard InChI is InChI=1S/C9H12F3N5O/c10-9(11,12)7-15-6(16-17-7)4-13-8(18)14-5-2-1-3-5/h5H,1-4H2,(H2,13,14,18)(H,15,16,17). The first kappa shape index (κ1) is 12.7. The van der Waals surface area contributed by atoms with Crippen LogP contribution in [0.5, 0.6) is 0 Å². The number of nitrogens with zero attached hydrogens (tertiary/aromatic N) is 2. The topological polar surface area (TPSA) is 82.7 Å². The zero-order valence-corrected chi connectivity index (χ0v) is 9.34. The largest absolute Gasteiger partial charge is 0.453 e. The summed E-state index contributed by atoms with van der Waals surface area (Å²) in [5.74, 6) is -1.27. The minimum Gasteiger partial charge on any atom is -0.335 e. The van der Waals surface area contributed by atoms with Crippen LogP contribution in [0.2, 0.25) is 0 Å². The third-order valence-corrected chi connectivity index (χ3v) is 2.64. The lowest BCUT2D eigenvalue weighted by molar-refractivity contribution is -0.144. The summed E-state index contributed by atoms with van der Waals surface area (Å²) in [7, 11) is 0. The molecule has 1 fully saturated rings. The Hall–Kier alpha value is -1.80. The first-order valence-electron chi connectivity index (χ1n) is 5.48. The molecule has 1 saturated carbocycles. The van der Waals surface area contributed by atoms with Gasteiger partial charge in [-0.3, -0.25) is 5.10 Å². The Morgan fingerprint density at radius 1 is 1.44 bits per heavy atom. The van der Waals surface area contributed by atoms with Gasteiger partial charge in [-0.15, -0.1) is 5.10 Å². The molecule has 2 rings (SSSR count). The molecule has 1 aliphatic carbocycles. The van der Waals surface area contributed by atoms with Crippen molar-refractivity contribution in [3.05, 3.63) is 11.6 Å². The van der Waals surface area contributed by atoms with Crippen molar-refractivity contribution in [3.8, 4) is 0 Å². The fraction of sp³-hybridized carbons (Fsp3) is 0.667. The van der Waals surface area contributed by atoms with E-state index in [1.807, 2.05) is 0 Å². The number of halogens is 3. The Balaban J connectivity index is 1.79. The maximum absolute atomic E-state index is 12.2. The summed E-state index contributed by atoms with van der Waals surface area (Å²) in [4.78, 5) is 14.5. The predicted molar refractivity (Wildman–Crippen MR) is 54.4 cm³/mol. The summed E-state index contributed by atoms with van der Waals surface area (Å²) in [6.07, 6.45) is -1.62. The number of nitrogens with one attached hydrogen (secondary N) is 3. The first-order chi connectivity index (χ1) is 8.45. The van der Waals surface area contributed by atoms with E-state index in [1.165, 1.54) is 0 Å². The number of urea groups is 1. The number of alkyl halides is 3. The van der Waals surface area contributed by atoms with Gasteiger partial charge in [-0.05, 0) is 19.3 Å². The van der Waals surface area contributed by atoms with Crippen LogP contribution in [0, 0.1) is 0 Å². The van der Waals surface area contributed by atoms with Gasteiger partial charge >= 0.3 is 12.2 Å². The molecular formula is C9H12F3N5O. The summed E-state index contributed by atoms with van der Waals surface area (Å²) >= 11 is 0. The second kappa shape index (κ2) is 4.83. The van der Waals surface area contributed by atoms with Gasteiger partial charge in [0.15, 0.2) is 0 Å². The van der Waals surface area contributed by atoms with Crippen molar-refractivity contribution in [2.24, 2.45) is 0 Å². The number of aromatic amines is 1. The van der Waals surface area contributed by atoms with E-state index in [1.54, 1.807) is 0 Å². The molecule has 1 aliphatic rings. The summed E-state index contributed by atoms with van der Waals surface area (Å²) in [5, 5.41) is 10.2. The Morgan fingerprint density at radius 3 is 2.67 bits per heavy atom. The number of hydrogen-bond acceptors (Lipinski definition) is 3. The van der Waals surface area contributed by atoms with Gasteiger partial charge in [0.05, 0.1) is 6.54 Å². The van der Waals surface area contributed by atoms with Crippen LogP contribution in [0.4, 0.5) is 18.0 Å². The van der Waals surface area contributed by atoms with Crippen molar-refractivity contribution in [2.45, 2.75) is 38.0 Å². The van der Waals surface area contributed by atoms with Gasteiger partial charge in [-0.1, -0.05) is 0 Å². The number of amides is 2. The van der Waals surface area contributed by atoms with Gasteiger partial charge in [-0.25, -0.2) is 9.78 Å². The van der Waals surface area contributed by atoms with Crippen LogP contribution in [0.25, 0.3) is 0 Å². The molecule has 0 aromatic carbocycles. The molecule has 0 spiro atoms. The van der Waals surface area contributed by atoms with E-state index >= 15 is 0 Å². The Kier molecular flexibility index (Phi) is 3.39. The average molecular weight is 263 g/mol. The monoisotopic (exact) mass is 263 g/mol. The third kappa shape index (κ3) is 3.11. The van der Waals surface area contributed by atoms with E-state index < -0.39 is 18.0 Å². The summed E-state index contributed by atoms with van der Waals surface area (Å²) in [6.45, 7) is -0.123. The van der Waals surface area contributed by atoms with Crippen LogP contribution in [-0.4, -0.2) is 27.3 Å². The van der Waals surface area contributed by atoms with E-state index in [-0.39, 0.29) is 18.4 Å². The molecule has 0 saturated heterocycles. The lowest BCUT2D eigenvalue weighted by Crippen LogP contribution is -2.44. The first-order valence-corrected chi connectivity index (χ1v) is 5.48. The molecule has 3 N–H and O–H groups in total. The Labute approximate surface area is 100 Å². The van der Waals surface area contributed by atoms with Crippen LogP contribution >= 0.6 is 0 Å². The summed E-state index contributed by atoms with van der Waals surface area (Å²) in [6, 6.07) is -0.241. The quantitative estimate of drug-likeness (QED) is 0.765. The second-order valence-electron chi connectivity index (χ2n) is 4.06. The molecule has 1 aromatic heterocycles. The van der Waals surface area contributed by atoms with Gasteiger partial charge in [0.2, 0.25) is 0 Å². The summed E-state index contributed by atoms with van der Waals surface area (Å²) < 4.78 is 36.5. The molecule has 1 heterocycles. The second-order valence-corrected chi connectivity index (χ2v) is 4.06. The van der Waals surface area contributed by atoms with Crippen molar-refractivity contribution in [1.29, 1.82) is 0 Å². The van der Waals surface area contributed by atoms with E-state index in [9.17, 15) is 18.0 Å². The predicted octanol–water partition coefficient (Wildman–Crippen LogP) is 1.18. The Bertz CT molecular complexity index is 426. The summed E-state index contributed by atoms with van der Waals surface area (Å²) in [5.41, 5.74) is 0. The van der Waals surface area contributed by atoms with Crippen molar-refractivity contribution in [1.82, 2.24) is 25.8 Å². The molecule has 18 heavy (non-hydrogen) atoms. The smallest absolute Gasteiger partial charge is 0.335 e. The number of aromatic nitrogens is 3.